The molecule has 4 nitrogen and oxygen atoms in total. The number of carbonyl (C=O) groups excluding carboxylic acids is 1. The first-order chi connectivity index (χ1) is 10.8. The standard InChI is InChI=1S/C14H9F5N2O2/c15-8-3-4-10(16)11(6-8)21-12(22)9-2-1-5-20-13(9)23-7-14(17,18)19/h1-6H,7H2,(H,21,22). The highest BCUT2D eigenvalue weighted by atomic mass is 19.4. The van der Waals surface area contributed by atoms with E-state index in [1.807, 2.05) is 5.32 Å². The van der Waals surface area contributed by atoms with E-state index in [1.165, 1.54) is 6.07 Å². The smallest absolute Gasteiger partial charge is 0.422 e. The molecule has 0 fully saturated rings. The zero-order chi connectivity index (χ0) is 17.0. The first kappa shape index (κ1) is 16.7. The summed E-state index contributed by atoms with van der Waals surface area (Å²) >= 11 is 0. The molecule has 0 aliphatic carbocycles. The van der Waals surface area contributed by atoms with Gasteiger partial charge in [-0.15, -0.1) is 0 Å². The zero-order valence-electron chi connectivity index (χ0n) is 11.3. The van der Waals surface area contributed by atoms with Gasteiger partial charge in [0.25, 0.3) is 5.91 Å². The molecule has 2 aromatic rings. The number of anilines is 1. The lowest BCUT2D eigenvalue weighted by molar-refractivity contribution is -0.154. The summed E-state index contributed by atoms with van der Waals surface area (Å²) in [5, 5.41) is 2.05. The van der Waals surface area contributed by atoms with E-state index in [9.17, 15) is 26.7 Å². The average Bonchev–Trinajstić information content (AvgIpc) is 2.48. The molecule has 0 bridgehead atoms. The van der Waals surface area contributed by atoms with E-state index in [0.717, 1.165) is 30.5 Å². The van der Waals surface area contributed by atoms with Crippen molar-refractivity contribution in [2.24, 2.45) is 0 Å². The van der Waals surface area contributed by atoms with Gasteiger partial charge in [0.15, 0.2) is 6.61 Å². The summed E-state index contributed by atoms with van der Waals surface area (Å²) in [7, 11) is 0. The van der Waals surface area contributed by atoms with Crippen molar-refractivity contribution in [2.75, 3.05) is 11.9 Å². The minimum absolute atomic E-state index is 0.347. The van der Waals surface area contributed by atoms with Crippen LogP contribution in [0.15, 0.2) is 36.5 Å². The first-order valence-corrected chi connectivity index (χ1v) is 6.17. The monoisotopic (exact) mass is 332 g/mol. The maximum Gasteiger partial charge on any atom is 0.422 e. The van der Waals surface area contributed by atoms with Gasteiger partial charge in [0.2, 0.25) is 5.88 Å². The van der Waals surface area contributed by atoms with Crippen molar-refractivity contribution in [3.63, 3.8) is 0 Å². The van der Waals surface area contributed by atoms with Crippen LogP contribution < -0.4 is 10.1 Å². The maximum atomic E-state index is 13.5. The van der Waals surface area contributed by atoms with Crippen molar-refractivity contribution >= 4 is 11.6 Å². The number of hydrogen-bond donors (Lipinski definition) is 1. The zero-order valence-corrected chi connectivity index (χ0v) is 11.3. The Morgan fingerprint density at radius 3 is 2.65 bits per heavy atom. The molecule has 0 saturated heterocycles. The van der Waals surface area contributed by atoms with E-state index in [2.05, 4.69) is 9.72 Å². The van der Waals surface area contributed by atoms with Crippen LogP contribution in [0.3, 0.4) is 0 Å². The molecule has 1 N–H and O–H groups in total. The number of alkyl halides is 3. The van der Waals surface area contributed by atoms with Crippen molar-refractivity contribution in [1.29, 1.82) is 0 Å². The molecular formula is C14H9F5N2O2. The molecule has 9 heteroatoms. The van der Waals surface area contributed by atoms with Crippen molar-refractivity contribution in [1.82, 2.24) is 4.98 Å². The number of halogens is 5. The number of benzene rings is 1. The number of amides is 1. The van der Waals surface area contributed by atoms with Crippen molar-refractivity contribution in [2.45, 2.75) is 6.18 Å². The Balaban J connectivity index is 2.21. The summed E-state index contributed by atoms with van der Waals surface area (Å²) in [6.07, 6.45) is -3.48. The van der Waals surface area contributed by atoms with Crippen molar-refractivity contribution < 1.29 is 31.5 Å². The van der Waals surface area contributed by atoms with E-state index >= 15 is 0 Å². The predicted octanol–water partition coefficient (Wildman–Crippen LogP) is 3.55. The average molecular weight is 332 g/mol. The second-order valence-corrected chi connectivity index (χ2v) is 4.34. The van der Waals surface area contributed by atoms with Gasteiger partial charge in [0.05, 0.1) is 5.69 Å². The fourth-order valence-corrected chi connectivity index (χ4v) is 1.61. The molecule has 0 unspecified atom stereocenters. The molecule has 1 aromatic carbocycles. The minimum Gasteiger partial charge on any atom is -0.467 e. The SMILES string of the molecule is O=C(Nc1cc(F)ccc1F)c1cccnc1OCC(F)(F)F. The fraction of sp³-hybridized carbons (Fsp3) is 0.143. The third-order valence-corrected chi connectivity index (χ3v) is 2.56. The highest BCUT2D eigenvalue weighted by molar-refractivity contribution is 6.05. The summed E-state index contributed by atoms with van der Waals surface area (Å²) in [6.45, 7) is -1.64. The lowest BCUT2D eigenvalue weighted by Crippen LogP contribution is -2.22. The van der Waals surface area contributed by atoms with E-state index in [0.29, 0.717) is 0 Å². The summed E-state index contributed by atoms with van der Waals surface area (Å²) in [4.78, 5) is 15.6. The summed E-state index contributed by atoms with van der Waals surface area (Å²) in [6, 6.07) is 4.82. The van der Waals surface area contributed by atoms with Crippen LogP contribution in [0.1, 0.15) is 10.4 Å². The summed E-state index contributed by atoms with van der Waals surface area (Å²) < 4.78 is 67.5. The predicted molar refractivity (Wildman–Crippen MR) is 70.1 cm³/mol. The van der Waals surface area contributed by atoms with Gasteiger partial charge >= 0.3 is 6.18 Å². The third-order valence-electron chi connectivity index (χ3n) is 2.56. The molecule has 0 aliphatic heterocycles. The molecule has 0 spiro atoms. The minimum atomic E-state index is -4.61. The van der Waals surface area contributed by atoms with E-state index in [-0.39, 0.29) is 5.56 Å². The van der Waals surface area contributed by atoms with Gasteiger partial charge in [-0.25, -0.2) is 13.8 Å². The molecule has 23 heavy (non-hydrogen) atoms. The van der Waals surface area contributed by atoms with Crippen LogP contribution in [0.5, 0.6) is 5.88 Å². The van der Waals surface area contributed by atoms with Gasteiger partial charge in [0, 0.05) is 12.3 Å². The highest BCUT2D eigenvalue weighted by Gasteiger charge is 2.29. The Hall–Kier alpha value is -2.71. The quantitative estimate of drug-likeness (QED) is 0.871. The topological polar surface area (TPSA) is 51.2 Å². The van der Waals surface area contributed by atoms with Crippen LogP contribution in [-0.2, 0) is 0 Å². The number of pyridine rings is 1. The Morgan fingerprint density at radius 1 is 1.22 bits per heavy atom. The van der Waals surface area contributed by atoms with Crippen LogP contribution >= 0.6 is 0 Å². The molecule has 0 aliphatic rings. The maximum absolute atomic E-state index is 13.5. The number of nitrogens with one attached hydrogen (secondary N) is 1. The van der Waals surface area contributed by atoms with E-state index in [1.54, 1.807) is 0 Å². The molecule has 1 amide bonds. The van der Waals surface area contributed by atoms with Gasteiger partial charge in [-0.2, -0.15) is 13.2 Å². The van der Waals surface area contributed by atoms with Crippen LogP contribution in [0.4, 0.5) is 27.6 Å². The van der Waals surface area contributed by atoms with E-state index < -0.39 is 41.9 Å². The van der Waals surface area contributed by atoms with E-state index in [4.69, 9.17) is 0 Å². The third kappa shape index (κ3) is 4.63. The van der Waals surface area contributed by atoms with Gasteiger partial charge in [-0.05, 0) is 24.3 Å². The number of hydrogen-bond acceptors (Lipinski definition) is 3. The normalized spacial score (nSPS) is 11.2. The van der Waals surface area contributed by atoms with Gasteiger partial charge < -0.3 is 10.1 Å². The van der Waals surface area contributed by atoms with Crippen molar-refractivity contribution in [3.8, 4) is 5.88 Å². The molecule has 1 aromatic heterocycles. The number of rotatable bonds is 4. The van der Waals surface area contributed by atoms with Crippen LogP contribution in [0, 0.1) is 11.6 Å². The van der Waals surface area contributed by atoms with Gasteiger partial charge in [-0.3, -0.25) is 4.79 Å². The first-order valence-electron chi connectivity index (χ1n) is 6.17. The molecule has 122 valence electrons. The second-order valence-electron chi connectivity index (χ2n) is 4.34. The fourth-order valence-electron chi connectivity index (χ4n) is 1.61. The Labute approximate surface area is 126 Å². The Morgan fingerprint density at radius 2 is 1.96 bits per heavy atom. The second kappa shape index (κ2) is 6.59. The largest absolute Gasteiger partial charge is 0.467 e. The highest BCUT2D eigenvalue weighted by Crippen LogP contribution is 2.22. The van der Waals surface area contributed by atoms with Gasteiger partial charge in [0.1, 0.15) is 17.2 Å². The molecule has 2 rings (SSSR count). The number of aromatic nitrogens is 1. The summed E-state index contributed by atoms with van der Waals surface area (Å²) in [5.41, 5.74) is -0.805. The molecule has 0 radical (unpaired) electrons. The lowest BCUT2D eigenvalue weighted by atomic mass is 10.2. The Bertz CT molecular complexity index is 719. The molecule has 0 saturated carbocycles. The van der Waals surface area contributed by atoms with Crippen LogP contribution in [0.2, 0.25) is 0 Å². The Kier molecular flexibility index (Phi) is 4.77. The molecule has 1 heterocycles. The molecule has 0 atom stereocenters. The van der Waals surface area contributed by atoms with Gasteiger partial charge in [-0.1, -0.05) is 0 Å². The van der Waals surface area contributed by atoms with Crippen LogP contribution in [0.25, 0.3) is 0 Å². The van der Waals surface area contributed by atoms with Crippen LogP contribution in [-0.4, -0.2) is 23.7 Å². The number of carbonyl (C=O) groups is 1. The number of nitrogens with zero attached hydrogens (tertiary/aromatic N) is 1. The molecular weight excluding hydrogens is 323 g/mol. The lowest BCUT2D eigenvalue weighted by Gasteiger charge is -2.12. The number of ether oxygens (including phenoxy) is 1. The summed E-state index contributed by atoms with van der Waals surface area (Å²) in [5.74, 6) is -3.25. The van der Waals surface area contributed by atoms with Crippen molar-refractivity contribution in [3.05, 3.63) is 53.7 Å².